The number of hydrogen-bond acceptors (Lipinski definition) is 5. The average molecular weight is 339 g/mol. The van der Waals surface area contributed by atoms with Crippen LogP contribution in [-0.2, 0) is 12.8 Å². The van der Waals surface area contributed by atoms with Gasteiger partial charge < -0.3 is 13.7 Å². The molecule has 0 aliphatic carbocycles. The summed E-state index contributed by atoms with van der Waals surface area (Å²) in [5.41, 5.74) is -0.880. The quantitative estimate of drug-likeness (QED) is 0.675. The van der Waals surface area contributed by atoms with Crippen molar-refractivity contribution in [3.05, 3.63) is 57.3 Å². The molecule has 0 N–H and O–H groups in total. The normalized spacial score (nSPS) is 11.9. The third kappa shape index (κ3) is 2.99. The van der Waals surface area contributed by atoms with Gasteiger partial charge in [-0.25, -0.2) is 4.79 Å². The second-order valence-electron chi connectivity index (χ2n) is 5.23. The Morgan fingerprint density at radius 1 is 1.21 bits per heavy atom. The van der Waals surface area contributed by atoms with Gasteiger partial charge in [0, 0.05) is 17.5 Å². The number of nitrogens with zero attached hydrogens (tertiary/aromatic N) is 1. The lowest BCUT2D eigenvalue weighted by Gasteiger charge is -2.10. The summed E-state index contributed by atoms with van der Waals surface area (Å²) in [6.45, 7) is 3.62. The molecule has 0 radical (unpaired) electrons. The molecule has 0 unspecified atom stereocenters. The predicted molar refractivity (Wildman–Crippen MR) is 77.8 cm³/mol. The molecule has 3 aromatic rings. The lowest BCUT2D eigenvalue weighted by atomic mass is 10.1. The Bertz CT molecular complexity index is 937. The van der Waals surface area contributed by atoms with Crippen LogP contribution in [0.25, 0.3) is 11.0 Å². The van der Waals surface area contributed by atoms with E-state index in [2.05, 4.69) is 5.16 Å². The van der Waals surface area contributed by atoms with E-state index in [9.17, 15) is 18.0 Å². The number of aromatic nitrogens is 1. The lowest BCUT2D eigenvalue weighted by molar-refractivity contribution is -0.136. The molecule has 126 valence electrons. The monoisotopic (exact) mass is 339 g/mol. The molecular formula is C16H12F3NO4. The number of aryl methyl sites for hydroxylation is 2. The molecule has 5 nitrogen and oxygen atoms in total. The van der Waals surface area contributed by atoms with E-state index in [0.29, 0.717) is 17.5 Å². The van der Waals surface area contributed by atoms with Gasteiger partial charge in [0.05, 0.1) is 16.8 Å². The molecule has 2 aromatic heterocycles. The van der Waals surface area contributed by atoms with Gasteiger partial charge in [0.25, 0.3) is 0 Å². The van der Waals surface area contributed by atoms with Crippen molar-refractivity contribution >= 4 is 11.0 Å². The Hall–Kier alpha value is -2.77. The summed E-state index contributed by atoms with van der Waals surface area (Å²) < 4.78 is 54.4. The molecule has 0 spiro atoms. The van der Waals surface area contributed by atoms with Crippen LogP contribution in [0.3, 0.4) is 0 Å². The number of ether oxygens (including phenoxy) is 1. The van der Waals surface area contributed by atoms with E-state index < -0.39 is 17.4 Å². The summed E-state index contributed by atoms with van der Waals surface area (Å²) in [5.74, 6) is 0.865. The summed E-state index contributed by atoms with van der Waals surface area (Å²) in [7, 11) is 0. The van der Waals surface area contributed by atoms with Gasteiger partial charge in [0.2, 0.25) is 0 Å². The van der Waals surface area contributed by atoms with Gasteiger partial charge in [-0.3, -0.25) is 0 Å². The maximum absolute atomic E-state index is 13.0. The van der Waals surface area contributed by atoms with Crippen LogP contribution in [0, 0.1) is 13.8 Å². The molecule has 0 aliphatic rings. The fourth-order valence-electron chi connectivity index (χ4n) is 2.33. The van der Waals surface area contributed by atoms with Crippen molar-refractivity contribution in [2.75, 3.05) is 0 Å². The molecule has 8 heteroatoms. The van der Waals surface area contributed by atoms with Crippen molar-refractivity contribution in [2.45, 2.75) is 26.6 Å². The van der Waals surface area contributed by atoms with Gasteiger partial charge in [-0.2, -0.15) is 13.2 Å². The van der Waals surface area contributed by atoms with Crippen LogP contribution in [0.1, 0.15) is 22.6 Å². The fourth-order valence-corrected chi connectivity index (χ4v) is 2.33. The number of fused-ring (bicyclic) bond motifs is 1. The summed E-state index contributed by atoms with van der Waals surface area (Å²) >= 11 is 0. The number of hydrogen-bond donors (Lipinski definition) is 0. The van der Waals surface area contributed by atoms with Crippen molar-refractivity contribution in [2.24, 2.45) is 0 Å². The summed E-state index contributed by atoms with van der Waals surface area (Å²) in [6.07, 6.45) is -4.65. The largest absolute Gasteiger partial charge is 0.489 e. The number of benzene rings is 1. The minimum atomic E-state index is -4.65. The van der Waals surface area contributed by atoms with E-state index in [1.165, 1.54) is 18.2 Å². The second kappa shape index (κ2) is 5.70. The zero-order chi connectivity index (χ0) is 17.5. The van der Waals surface area contributed by atoms with Gasteiger partial charge in [-0.1, -0.05) is 5.16 Å². The highest BCUT2D eigenvalue weighted by atomic mass is 19.4. The smallest absolute Gasteiger partial charge is 0.417 e. The minimum Gasteiger partial charge on any atom is -0.489 e. The molecule has 0 bridgehead atoms. The topological polar surface area (TPSA) is 65.5 Å². The third-order valence-electron chi connectivity index (χ3n) is 3.59. The van der Waals surface area contributed by atoms with Crippen molar-refractivity contribution in [1.29, 1.82) is 0 Å². The van der Waals surface area contributed by atoms with Gasteiger partial charge in [-0.05, 0) is 26.0 Å². The van der Waals surface area contributed by atoms with Crippen LogP contribution in [-0.4, -0.2) is 5.16 Å². The molecule has 0 fully saturated rings. The summed E-state index contributed by atoms with van der Waals surface area (Å²) in [5, 5.41) is 3.59. The Labute approximate surface area is 133 Å². The third-order valence-corrected chi connectivity index (χ3v) is 3.59. The van der Waals surface area contributed by atoms with Gasteiger partial charge >= 0.3 is 11.8 Å². The molecule has 24 heavy (non-hydrogen) atoms. The summed E-state index contributed by atoms with van der Waals surface area (Å²) in [6, 6.07) is 4.29. The number of rotatable bonds is 3. The van der Waals surface area contributed by atoms with E-state index in [0.717, 1.165) is 5.56 Å². The first-order valence-corrected chi connectivity index (χ1v) is 6.95. The maximum atomic E-state index is 13.0. The van der Waals surface area contributed by atoms with Crippen molar-refractivity contribution in [3.8, 4) is 5.75 Å². The molecule has 0 amide bonds. The van der Waals surface area contributed by atoms with Gasteiger partial charge in [-0.15, -0.1) is 0 Å². The lowest BCUT2D eigenvalue weighted by Crippen LogP contribution is -2.11. The van der Waals surface area contributed by atoms with Crippen LogP contribution in [0.4, 0.5) is 13.2 Å². The van der Waals surface area contributed by atoms with E-state index in [1.54, 1.807) is 13.8 Å². The Balaban J connectivity index is 1.96. The molecule has 1 aromatic carbocycles. The first kappa shape index (κ1) is 16.1. The Morgan fingerprint density at radius 3 is 2.58 bits per heavy atom. The number of halogens is 3. The zero-order valence-electron chi connectivity index (χ0n) is 12.7. The van der Waals surface area contributed by atoms with Crippen molar-refractivity contribution in [1.82, 2.24) is 5.16 Å². The standard InChI is InChI=1S/C16H12F3NO4/c1-8-12(9(2)24-20-8)7-22-10-3-4-11-13(16(17,18)19)6-15(21)23-14(11)5-10/h3-6H,7H2,1-2H3. The molecule has 2 heterocycles. The second-order valence-corrected chi connectivity index (χ2v) is 5.23. The van der Waals surface area contributed by atoms with E-state index in [-0.39, 0.29) is 23.3 Å². The Kier molecular flexibility index (Phi) is 3.82. The zero-order valence-corrected chi connectivity index (χ0v) is 12.7. The molecule has 3 rings (SSSR count). The molecule has 0 saturated heterocycles. The predicted octanol–water partition coefficient (Wildman–Crippen LogP) is 4.00. The Morgan fingerprint density at radius 2 is 1.96 bits per heavy atom. The first-order chi connectivity index (χ1) is 11.3. The highest BCUT2D eigenvalue weighted by Gasteiger charge is 2.33. The van der Waals surface area contributed by atoms with E-state index in [4.69, 9.17) is 13.7 Å². The van der Waals surface area contributed by atoms with E-state index >= 15 is 0 Å². The highest BCUT2D eigenvalue weighted by Crippen LogP contribution is 2.35. The van der Waals surface area contributed by atoms with E-state index in [1.807, 2.05) is 0 Å². The summed E-state index contributed by atoms with van der Waals surface area (Å²) in [4.78, 5) is 11.4. The van der Waals surface area contributed by atoms with Gasteiger partial charge in [0.1, 0.15) is 23.7 Å². The van der Waals surface area contributed by atoms with Crippen LogP contribution >= 0.6 is 0 Å². The van der Waals surface area contributed by atoms with Crippen LogP contribution < -0.4 is 10.4 Å². The van der Waals surface area contributed by atoms with Crippen molar-refractivity contribution < 1.29 is 26.8 Å². The molecule has 0 saturated carbocycles. The molecule has 0 aliphatic heterocycles. The molecular weight excluding hydrogens is 327 g/mol. The molecule has 0 atom stereocenters. The van der Waals surface area contributed by atoms with Crippen LogP contribution in [0.2, 0.25) is 0 Å². The average Bonchev–Trinajstić information content (AvgIpc) is 2.82. The highest BCUT2D eigenvalue weighted by molar-refractivity contribution is 5.82. The maximum Gasteiger partial charge on any atom is 0.417 e. The minimum absolute atomic E-state index is 0.135. The fraction of sp³-hybridized carbons (Fsp3) is 0.250. The van der Waals surface area contributed by atoms with Crippen molar-refractivity contribution in [3.63, 3.8) is 0 Å². The SMILES string of the molecule is Cc1noc(C)c1COc1ccc2c(C(F)(F)F)cc(=O)oc2c1. The van der Waals surface area contributed by atoms with Gasteiger partial charge in [0.15, 0.2) is 0 Å². The van der Waals surface area contributed by atoms with Crippen LogP contribution in [0.5, 0.6) is 5.75 Å². The van der Waals surface area contributed by atoms with Crippen LogP contribution in [0.15, 0.2) is 38.0 Å². The first-order valence-electron chi connectivity index (χ1n) is 6.95. The number of alkyl halides is 3.